The predicted octanol–water partition coefficient (Wildman–Crippen LogP) is 2.63. The van der Waals surface area contributed by atoms with Crippen molar-refractivity contribution in [3.05, 3.63) is 59.3 Å². The number of rotatable bonds is 5. The number of carbonyl (C=O) groups is 2. The van der Waals surface area contributed by atoms with E-state index in [-0.39, 0.29) is 12.5 Å². The summed E-state index contributed by atoms with van der Waals surface area (Å²) in [7, 11) is 0. The molecule has 2 aromatic rings. The van der Waals surface area contributed by atoms with Crippen molar-refractivity contribution in [1.82, 2.24) is 10.3 Å². The summed E-state index contributed by atoms with van der Waals surface area (Å²) in [5, 5.41) is 3.58. The molecule has 0 unspecified atom stereocenters. The molecule has 0 atom stereocenters. The second kappa shape index (κ2) is 7.27. The lowest BCUT2D eigenvalue weighted by atomic mass is 9.95. The maximum absolute atomic E-state index is 12.9. The smallest absolute Gasteiger partial charge is 0.332 e. The number of carbonyl (C=O) groups excluding carboxylic acids is 2. The Morgan fingerprint density at radius 1 is 1.20 bits per heavy atom. The quantitative estimate of drug-likeness (QED) is 0.659. The number of amides is 1. The molecule has 1 N–H and O–H groups in total. The van der Waals surface area contributed by atoms with E-state index in [2.05, 4.69) is 10.3 Å². The van der Waals surface area contributed by atoms with Crippen molar-refractivity contribution in [2.24, 2.45) is 0 Å². The summed E-state index contributed by atoms with van der Waals surface area (Å²) in [6.45, 7) is 2.04. The highest BCUT2D eigenvalue weighted by Gasteiger charge is 2.46. The Kier molecular flexibility index (Phi) is 5.08. The Balaban J connectivity index is 1.92. The standard InChI is InChI=1S/C19H20N2O3S/c1-3-24-18(23)19(11-13-7-4-5-8-14(13)12-19)21-16(22)15-9-6-10-20-17(15)25-2/h4-10H,3,11-12H2,1-2H3,(H,21,22). The number of aromatic nitrogens is 1. The molecule has 130 valence electrons. The summed E-state index contributed by atoms with van der Waals surface area (Å²) < 4.78 is 5.28. The van der Waals surface area contributed by atoms with Crippen LogP contribution >= 0.6 is 11.8 Å². The van der Waals surface area contributed by atoms with Gasteiger partial charge < -0.3 is 10.1 Å². The molecule has 0 bridgehead atoms. The Morgan fingerprint density at radius 3 is 2.48 bits per heavy atom. The van der Waals surface area contributed by atoms with E-state index in [1.165, 1.54) is 11.8 Å². The molecule has 5 nitrogen and oxygen atoms in total. The molecular weight excluding hydrogens is 336 g/mol. The van der Waals surface area contributed by atoms with Crippen molar-refractivity contribution in [2.45, 2.75) is 30.3 Å². The number of esters is 1. The maximum Gasteiger partial charge on any atom is 0.332 e. The third-order valence-electron chi connectivity index (χ3n) is 4.33. The molecule has 3 rings (SSSR count). The first kappa shape index (κ1) is 17.5. The normalized spacial score (nSPS) is 14.6. The lowest BCUT2D eigenvalue weighted by Gasteiger charge is -2.28. The molecule has 0 fully saturated rings. The number of ether oxygens (including phenoxy) is 1. The topological polar surface area (TPSA) is 68.3 Å². The monoisotopic (exact) mass is 356 g/mol. The molecule has 0 saturated heterocycles. The number of benzene rings is 1. The van der Waals surface area contributed by atoms with Crippen molar-refractivity contribution in [2.75, 3.05) is 12.9 Å². The SMILES string of the molecule is CCOC(=O)C1(NC(=O)c2cccnc2SC)Cc2ccccc2C1. The fraction of sp³-hybridized carbons (Fsp3) is 0.316. The molecular formula is C19H20N2O3S. The van der Waals surface area contributed by atoms with Crippen LogP contribution in [0.2, 0.25) is 0 Å². The van der Waals surface area contributed by atoms with Crippen molar-refractivity contribution < 1.29 is 14.3 Å². The van der Waals surface area contributed by atoms with Crippen LogP contribution in [-0.4, -0.2) is 35.3 Å². The summed E-state index contributed by atoms with van der Waals surface area (Å²) >= 11 is 1.40. The first-order valence-corrected chi connectivity index (χ1v) is 9.37. The van der Waals surface area contributed by atoms with Crippen LogP contribution in [0.3, 0.4) is 0 Å². The van der Waals surface area contributed by atoms with Crippen LogP contribution in [-0.2, 0) is 22.4 Å². The zero-order chi connectivity index (χ0) is 17.9. The average Bonchev–Trinajstić information content (AvgIpc) is 3.01. The molecule has 25 heavy (non-hydrogen) atoms. The van der Waals surface area contributed by atoms with Crippen LogP contribution in [0.25, 0.3) is 0 Å². The molecule has 0 spiro atoms. The van der Waals surface area contributed by atoms with Crippen LogP contribution in [0.1, 0.15) is 28.4 Å². The van der Waals surface area contributed by atoms with E-state index in [0.29, 0.717) is 23.4 Å². The van der Waals surface area contributed by atoms with Gasteiger partial charge in [-0.2, -0.15) is 0 Å². The van der Waals surface area contributed by atoms with Gasteiger partial charge in [0.2, 0.25) is 0 Å². The van der Waals surface area contributed by atoms with Gasteiger partial charge in [0, 0.05) is 19.0 Å². The zero-order valence-electron chi connectivity index (χ0n) is 14.2. The van der Waals surface area contributed by atoms with E-state index < -0.39 is 11.5 Å². The number of thioether (sulfide) groups is 1. The summed E-state index contributed by atoms with van der Waals surface area (Å²) in [5.41, 5.74) is 1.52. The maximum atomic E-state index is 12.9. The van der Waals surface area contributed by atoms with Crippen LogP contribution in [0, 0.1) is 0 Å². The van der Waals surface area contributed by atoms with E-state index >= 15 is 0 Å². The second-order valence-electron chi connectivity index (χ2n) is 5.94. The van der Waals surface area contributed by atoms with Gasteiger partial charge in [0.25, 0.3) is 5.91 Å². The van der Waals surface area contributed by atoms with Gasteiger partial charge >= 0.3 is 5.97 Å². The van der Waals surface area contributed by atoms with Crippen LogP contribution in [0.15, 0.2) is 47.6 Å². The van der Waals surface area contributed by atoms with Gasteiger partial charge in [-0.3, -0.25) is 4.79 Å². The minimum Gasteiger partial charge on any atom is -0.464 e. The third kappa shape index (κ3) is 3.39. The van der Waals surface area contributed by atoms with Gasteiger partial charge in [-0.05, 0) is 36.4 Å². The van der Waals surface area contributed by atoms with Crippen molar-refractivity contribution in [3.8, 4) is 0 Å². The minimum atomic E-state index is -1.07. The Hall–Kier alpha value is -2.34. The minimum absolute atomic E-state index is 0.274. The first-order chi connectivity index (χ1) is 12.1. The van der Waals surface area contributed by atoms with Crippen LogP contribution in [0.5, 0.6) is 0 Å². The highest BCUT2D eigenvalue weighted by atomic mass is 32.2. The molecule has 1 aromatic carbocycles. The fourth-order valence-electron chi connectivity index (χ4n) is 3.18. The number of pyridine rings is 1. The van der Waals surface area contributed by atoms with E-state index in [1.807, 2.05) is 30.5 Å². The fourth-order valence-corrected chi connectivity index (χ4v) is 3.73. The number of hydrogen-bond donors (Lipinski definition) is 1. The van der Waals surface area contributed by atoms with E-state index in [4.69, 9.17) is 4.74 Å². The number of nitrogens with zero attached hydrogens (tertiary/aromatic N) is 1. The van der Waals surface area contributed by atoms with Crippen molar-refractivity contribution in [3.63, 3.8) is 0 Å². The van der Waals surface area contributed by atoms with Gasteiger partial charge in [-0.15, -0.1) is 11.8 Å². The Bertz CT molecular complexity index is 782. The molecule has 0 radical (unpaired) electrons. The largest absolute Gasteiger partial charge is 0.464 e. The van der Waals surface area contributed by atoms with Crippen LogP contribution < -0.4 is 5.32 Å². The summed E-state index contributed by atoms with van der Waals surface area (Å²) in [6.07, 6.45) is 4.38. The average molecular weight is 356 g/mol. The van der Waals surface area contributed by atoms with Crippen LogP contribution in [0.4, 0.5) is 0 Å². The summed E-state index contributed by atoms with van der Waals surface area (Å²) in [5.74, 6) is -0.701. The molecule has 0 saturated carbocycles. The zero-order valence-corrected chi connectivity index (χ0v) is 15.1. The van der Waals surface area contributed by atoms with Gasteiger partial charge in [-0.25, -0.2) is 9.78 Å². The first-order valence-electron chi connectivity index (χ1n) is 8.15. The lowest BCUT2D eigenvalue weighted by Crippen LogP contribution is -2.56. The van der Waals surface area contributed by atoms with Gasteiger partial charge in [0.15, 0.2) is 0 Å². The lowest BCUT2D eigenvalue weighted by molar-refractivity contribution is -0.150. The molecule has 1 aromatic heterocycles. The van der Waals surface area contributed by atoms with Gasteiger partial charge in [-0.1, -0.05) is 24.3 Å². The molecule has 1 amide bonds. The third-order valence-corrected chi connectivity index (χ3v) is 5.04. The predicted molar refractivity (Wildman–Crippen MR) is 96.7 cm³/mol. The molecule has 1 aliphatic carbocycles. The Labute approximate surface area is 151 Å². The number of hydrogen-bond acceptors (Lipinski definition) is 5. The summed E-state index contributed by atoms with van der Waals surface area (Å²) in [6, 6.07) is 11.3. The van der Waals surface area contributed by atoms with Crippen molar-refractivity contribution in [1.29, 1.82) is 0 Å². The number of nitrogens with one attached hydrogen (secondary N) is 1. The molecule has 1 heterocycles. The van der Waals surface area contributed by atoms with Gasteiger partial charge in [0.05, 0.1) is 12.2 Å². The Morgan fingerprint density at radius 2 is 1.88 bits per heavy atom. The second-order valence-corrected chi connectivity index (χ2v) is 6.73. The molecule has 1 aliphatic rings. The summed E-state index contributed by atoms with van der Waals surface area (Å²) in [4.78, 5) is 29.8. The van der Waals surface area contributed by atoms with E-state index in [9.17, 15) is 9.59 Å². The van der Waals surface area contributed by atoms with Crippen molar-refractivity contribution >= 4 is 23.6 Å². The highest BCUT2D eigenvalue weighted by molar-refractivity contribution is 7.98. The van der Waals surface area contributed by atoms with Gasteiger partial charge in [0.1, 0.15) is 10.6 Å². The van der Waals surface area contributed by atoms with E-state index in [1.54, 1.807) is 25.3 Å². The molecule has 0 aliphatic heterocycles. The highest BCUT2D eigenvalue weighted by Crippen LogP contribution is 2.32. The number of fused-ring (bicyclic) bond motifs is 1. The molecule has 6 heteroatoms. The van der Waals surface area contributed by atoms with E-state index in [0.717, 1.165) is 11.1 Å².